The maximum absolute atomic E-state index is 13.0. The lowest BCUT2D eigenvalue weighted by Crippen LogP contribution is -2.12. The van der Waals surface area contributed by atoms with Crippen LogP contribution in [-0.2, 0) is 12.8 Å². The Morgan fingerprint density at radius 2 is 1.67 bits per heavy atom. The van der Waals surface area contributed by atoms with E-state index in [-0.39, 0.29) is 17.5 Å². The number of benzene rings is 3. The molecule has 0 saturated carbocycles. The van der Waals surface area contributed by atoms with Crippen LogP contribution < -0.4 is 0 Å². The fraction of sp³-hybridized carbons (Fsp3) is 0.200. The molecule has 0 N–H and O–H groups in total. The third-order valence-electron chi connectivity index (χ3n) is 5.43. The number of fused-ring (bicyclic) bond motifs is 1. The summed E-state index contributed by atoms with van der Waals surface area (Å²) in [6, 6.07) is 22.1. The summed E-state index contributed by atoms with van der Waals surface area (Å²) in [5, 5.41) is 0. The molecular weight excluding hydrogens is 332 g/mol. The van der Waals surface area contributed by atoms with Crippen LogP contribution in [-0.4, -0.2) is 11.6 Å². The molecule has 2 heteroatoms. The minimum Gasteiger partial charge on any atom is -0.295 e. The van der Waals surface area contributed by atoms with Gasteiger partial charge in [-0.05, 0) is 48.9 Å². The Morgan fingerprint density at radius 3 is 2.37 bits per heavy atom. The van der Waals surface area contributed by atoms with Crippen molar-refractivity contribution < 1.29 is 9.59 Å². The lowest BCUT2D eigenvalue weighted by atomic mass is 9.93. The molecule has 27 heavy (non-hydrogen) atoms. The zero-order chi connectivity index (χ0) is 19.0. The standard InChI is InChI=1S/C25H22O2/c1-16-5-3-6-20(13-16)22-7-4-8-23-24(22)15-21(25(23)27)14-18-9-11-19(12-10-18)17(2)26/h3-13,21H,14-15H2,1-2H3. The van der Waals surface area contributed by atoms with Crippen LogP contribution in [0.25, 0.3) is 11.1 Å². The maximum Gasteiger partial charge on any atom is 0.166 e. The van der Waals surface area contributed by atoms with Crippen molar-refractivity contribution in [3.8, 4) is 11.1 Å². The molecule has 0 radical (unpaired) electrons. The van der Waals surface area contributed by atoms with Gasteiger partial charge < -0.3 is 0 Å². The number of hydrogen-bond donors (Lipinski definition) is 0. The second-order valence-electron chi connectivity index (χ2n) is 7.42. The monoisotopic (exact) mass is 354 g/mol. The summed E-state index contributed by atoms with van der Waals surface area (Å²) in [5.41, 5.74) is 7.39. The van der Waals surface area contributed by atoms with Crippen molar-refractivity contribution >= 4 is 11.6 Å². The minimum atomic E-state index is -0.0332. The van der Waals surface area contributed by atoms with Gasteiger partial charge in [0.25, 0.3) is 0 Å². The number of carbonyl (C=O) groups excluding carboxylic acids is 2. The molecule has 0 spiro atoms. The van der Waals surface area contributed by atoms with Crippen molar-refractivity contribution in [1.29, 1.82) is 0 Å². The van der Waals surface area contributed by atoms with Crippen LogP contribution in [0.5, 0.6) is 0 Å². The van der Waals surface area contributed by atoms with E-state index in [1.165, 1.54) is 22.3 Å². The second kappa shape index (κ2) is 6.96. The van der Waals surface area contributed by atoms with Crippen LogP contribution >= 0.6 is 0 Å². The average molecular weight is 354 g/mol. The van der Waals surface area contributed by atoms with E-state index in [2.05, 4.69) is 37.3 Å². The van der Waals surface area contributed by atoms with E-state index in [9.17, 15) is 9.59 Å². The first-order chi connectivity index (χ1) is 13.0. The summed E-state index contributed by atoms with van der Waals surface area (Å²) in [5.74, 6) is 0.262. The summed E-state index contributed by atoms with van der Waals surface area (Å²) in [6.45, 7) is 3.66. The predicted molar refractivity (Wildman–Crippen MR) is 108 cm³/mol. The molecule has 0 fully saturated rings. The molecule has 3 aromatic rings. The van der Waals surface area contributed by atoms with E-state index >= 15 is 0 Å². The number of Topliss-reactive ketones (excluding diaryl/α,β-unsaturated/α-hetero) is 2. The van der Waals surface area contributed by atoms with Gasteiger partial charge in [0.15, 0.2) is 11.6 Å². The Kier molecular flexibility index (Phi) is 4.49. The summed E-state index contributed by atoms with van der Waals surface area (Å²) in [6.07, 6.45) is 1.48. The molecule has 0 saturated heterocycles. The van der Waals surface area contributed by atoms with Crippen molar-refractivity contribution in [3.63, 3.8) is 0 Å². The highest BCUT2D eigenvalue weighted by Gasteiger charge is 2.32. The van der Waals surface area contributed by atoms with Crippen LogP contribution in [0.1, 0.15) is 44.3 Å². The quantitative estimate of drug-likeness (QED) is 0.583. The van der Waals surface area contributed by atoms with E-state index in [0.717, 1.165) is 17.5 Å². The zero-order valence-electron chi connectivity index (χ0n) is 15.7. The van der Waals surface area contributed by atoms with Gasteiger partial charge in [0.2, 0.25) is 0 Å². The molecule has 0 aromatic heterocycles. The largest absolute Gasteiger partial charge is 0.295 e. The third kappa shape index (κ3) is 3.35. The van der Waals surface area contributed by atoms with Crippen LogP contribution in [0.4, 0.5) is 0 Å². The Hall–Kier alpha value is -3.00. The number of ketones is 2. The van der Waals surface area contributed by atoms with Crippen LogP contribution in [0, 0.1) is 12.8 Å². The minimum absolute atomic E-state index is 0.0332. The Morgan fingerprint density at radius 1 is 0.963 bits per heavy atom. The SMILES string of the molecule is CC(=O)c1ccc(CC2Cc3c(cccc3-c3cccc(C)c3)C2=O)cc1. The molecular formula is C25H22O2. The molecule has 2 nitrogen and oxygen atoms in total. The highest BCUT2D eigenvalue weighted by Crippen LogP contribution is 2.36. The summed E-state index contributed by atoms with van der Waals surface area (Å²) >= 11 is 0. The molecule has 1 atom stereocenters. The highest BCUT2D eigenvalue weighted by molar-refractivity contribution is 6.04. The lowest BCUT2D eigenvalue weighted by Gasteiger charge is -2.10. The van der Waals surface area contributed by atoms with Crippen molar-refractivity contribution in [3.05, 3.63) is 94.5 Å². The fourth-order valence-corrected chi connectivity index (χ4v) is 4.00. The van der Waals surface area contributed by atoms with Gasteiger partial charge >= 0.3 is 0 Å². The fourth-order valence-electron chi connectivity index (χ4n) is 4.00. The average Bonchev–Trinajstić information content (AvgIpc) is 2.98. The molecule has 1 aliphatic rings. The highest BCUT2D eigenvalue weighted by atomic mass is 16.1. The first-order valence-corrected chi connectivity index (χ1v) is 9.36. The van der Waals surface area contributed by atoms with Gasteiger partial charge in [-0.15, -0.1) is 0 Å². The van der Waals surface area contributed by atoms with Gasteiger partial charge in [-0.25, -0.2) is 0 Å². The Bertz CT molecular complexity index is 1030. The Labute approximate surface area is 159 Å². The Balaban J connectivity index is 1.62. The normalized spacial score (nSPS) is 15.6. The smallest absolute Gasteiger partial charge is 0.166 e. The maximum atomic E-state index is 13.0. The van der Waals surface area contributed by atoms with Gasteiger partial charge in [-0.2, -0.15) is 0 Å². The zero-order valence-corrected chi connectivity index (χ0v) is 15.7. The number of hydrogen-bond acceptors (Lipinski definition) is 2. The number of rotatable bonds is 4. The molecule has 0 aliphatic heterocycles. The summed E-state index contributed by atoms with van der Waals surface area (Å²) in [7, 11) is 0. The third-order valence-corrected chi connectivity index (χ3v) is 5.43. The van der Waals surface area contributed by atoms with Gasteiger partial charge in [0.05, 0.1) is 0 Å². The van der Waals surface area contributed by atoms with Gasteiger partial charge in [0.1, 0.15) is 0 Å². The lowest BCUT2D eigenvalue weighted by molar-refractivity contribution is 0.0935. The molecule has 1 unspecified atom stereocenters. The number of aryl methyl sites for hydroxylation is 1. The van der Waals surface area contributed by atoms with Crippen LogP contribution in [0.2, 0.25) is 0 Å². The van der Waals surface area contributed by atoms with Gasteiger partial charge in [0, 0.05) is 17.0 Å². The van der Waals surface area contributed by atoms with E-state index < -0.39 is 0 Å². The van der Waals surface area contributed by atoms with E-state index in [0.29, 0.717) is 12.0 Å². The van der Waals surface area contributed by atoms with Crippen LogP contribution in [0.15, 0.2) is 66.7 Å². The first-order valence-electron chi connectivity index (χ1n) is 9.36. The van der Waals surface area contributed by atoms with E-state index in [4.69, 9.17) is 0 Å². The number of carbonyl (C=O) groups is 2. The van der Waals surface area contributed by atoms with E-state index in [1.807, 2.05) is 36.4 Å². The molecule has 0 bridgehead atoms. The van der Waals surface area contributed by atoms with Gasteiger partial charge in [-0.1, -0.05) is 72.3 Å². The molecule has 0 amide bonds. The van der Waals surface area contributed by atoms with Crippen molar-refractivity contribution in [1.82, 2.24) is 0 Å². The molecule has 1 aliphatic carbocycles. The van der Waals surface area contributed by atoms with Crippen LogP contribution in [0.3, 0.4) is 0 Å². The second-order valence-corrected chi connectivity index (χ2v) is 7.42. The predicted octanol–water partition coefficient (Wildman–Crippen LogP) is 5.46. The molecule has 134 valence electrons. The van der Waals surface area contributed by atoms with Crippen molar-refractivity contribution in [2.75, 3.05) is 0 Å². The molecule has 0 heterocycles. The van der Waals surface area contributed by atoms with E-state index in [1.54, 1.807) is 6.92 Å². The summed E-state index contributed by atoms with van der Waals surface area (Å²) < 4.78 is 0. The summed E-state index contributed by atoms with van der Waals surface area (Å²) in [4.78, 5) is 24.4. The molecule has 3 aromatic carbocycles. The van der Waals surface area contributed by atoms with Crippen molar-refractivity contribution in [2.24, 2.45) is 5.92 Å². The first kappa shape index (κ1) is 17.4. The van der Waals surface area contributed by atoms with Crippen molar-refractivity contribution in [2.45, 2.75) is 26.7 Å². The molecule has 4 rings (SSSR count). The topological polar surface area (TPSA) is 34.1 Å². The van der Waals surface area contributed by atoms with Gasteiger partial charge in [-0.3, -0.25) is 9.59 Å².